The minimum atomic E-state index is -0.415. The molecule has 4 rings (SSSR count). The third-order valence-electron chi connectivity index (χ3n) is 7.57. The topological polar surface area (TPSA) is 85.4 Å². The molecule has 0 spiro atoms. The van der Waals surface area contributed by atoms with Crippen molar-refractivity contribution >= 4 is 17.8 Å². The second-order valence-corrected chi connectivity index (χ2v) is 10.2. The van der Waals surface area contributed by atoms with Crippen LogP contribution in [0.5, 0.6) is 11.5 Å². The van der Waals surface area contributed by atoms with Gasteiger partial charge in [-0.05, 0) is 61.2 Å². The number of methoxy groups -OCH3 is 2. The van der Waals surface area contributed by atoms with Crippen LogP contribution in [0.2, 0.25) is 0 Å². The molecule has 0 fully saturated rings. The molecule has 1 atom stereocenters. The van der Waals surface area contributed by atoms with Crippen molar-refractivity contribution in [1.29, 1.82) is 0 Å². The third kappa shape index (κ3) is 6.82. The van der Waals surface area contributed by atoms with Crippen molar-refractivity contribution in [1.82, 2.24) is 9.80 Å². The van der Waals surface area contributed by atoms with Gasteiger partial charge in [0.2, 0.25) is 5.91 Å². The summed E-state index contributed by atoms with van der Waals surface area (Å²) in [5, 5.41) is 0. The lowest BCUT2D eigenvalue weighted by molar-refractivity contribution is -0.140. The van der Waals surface area contributed by atoms with Crippen molar-refractivity contribution in [3.63, 3.8) is 0 Å². The van der Waals surface area contributed by atoms with Gasteiger partial charge in [-0.15, -0.1) is 0 Å². The largest absolute Gasteiger partial charge is 0.493 e. The Kier molecular flexibility index (Phi) is 10.0. The lowest BCUT2D eigenvalue weighted by Crippen LogP contribution is -2.38. The Morgan fingerprint density at radius 3 is 2.36 bits per heavy atom. The molecule has 1 aliphatic heterocycles. The first-order chi connectivity index (χ1) is 20.3. The summed E-state index contributed by atoms with van der Waals surface area (Å²) < 4.78 is 16.1. The van der Waals surface area contributed by atoms with E-state index in [4.69, 9.17) is 14.2 Å². The van der Waals surface area contributed by atoms with Crippen LogP contribution in [0.15, 0.2) is 84.1 Å². The van der Waals surface area contributed by atoms with Crippen LogP contribution in [0.4, 0.5) is 0 Å². The predicted octanol–water partition coefficient (Wildman–Crippen LogP) is 5.37. The highest BCUT2D eigenvalue weighted by molar-refractivity contribution is 5.96. The maximum atomic E-state index is 13.4. The molecule has 0 aliphatic carbocycles. The fraction of sp³-hybridized carbons (Fsp3) is 0.324. The van der Waals surface area contributed by atoms with E-state index < -0.39 is 5.97 Å². The molecule has 3 aromatic rings. The molecule has 8 heteroatoms. The molecule has 1 heterocycles. The van der Waals surface area contributed by atoms with Gasteiger partial charge < -0.3 is 24.0 Å². The SMILES string of the molecule is CCOC(=O)C1=C(C)N(Cc2cccc(C(=O)N(C)CCc3ccc(OC)c(OC)c3)c2)C(=O)CC1c1ccccc1. The summed E-state index contributed by atoms with van der Waals surface area (Å²) in [7, 11) is 4.96. The number of ether oxygens (including phenoxy) is 3. The van der Waals surface area contributed by atoms with Gasteiger partial charge in [-0.1, -0.05) is 48.5 Å². The van der Waals surface area contributed by atoms with Crippen molar-refractivity contribution in [3.8, 4) is 11.5 Å². The van der Waals surface area contributed by atoms with E-state index in [9.17, 15) is 14.4 Å². The van der Waals surface area contributed by atoms with E-state index in [1.165, 1.54) is 0 Å². The Morgan fingerprint density at radius 1 is 0.929 bits per heavy atom. The average molecular weight is 571 g/mol. The Labute approximate surface area is 247 Å². The summed E-state index contributed by atoms with van der Waals surface area (Å²) in [4.78, 5) is 43.1. The number of carbonyl (C=O) groups is 3. The number of carbonyl (C=O) groups excluding carboxylic acids is 3. The van der Waals surface area contributed by atoms with Gasteiger partial charge >= 0.3 is 5.97 Å². The molecule has 0 bridgehead atoms. The van der Waals surface area contributed by atoms with Gasteiger partial charge in [-0.2, -0.15) is 0 Å². The number of hydrogen-bond acceptors (Lipinski definition) is 6. The number of benzene rings is 3. The second kappa shape index (κ2) is 13.9. The molecular weight excluding hydrogens is 532 g/mol. The van der Waals surface area contributed by atoms with Gasteiger partial charge in [0.05, 0.1) is 32.9 Å². The van der Waals surface area contributed by atoms with Crippen molar-refractivity contribution in [3.05, 3.63) is 106 Å². The number of hydrogen-bond donors (Lipinski definition) is 0. The minimum absolute atomic E-state index is 0.0850. The fourth-order valence-corrected chi connectivity index (χ4v) is 5.29. The first-order valence-electron chi connectivity index (χ1n) is 14.1. The summed E-state index contributed by atoms with van der Waals surface area (Å²) in [6.45, 7) is 4.55. The molecule has 0 radical (unpaired) electrons. The molecule has 3 aromatic carbocycles. The van der Waals surface area contributed by atoms with E-state index in [0.717, 1.165) is 16.7 Å². The predicted molar refractivity (Wildman–Crippen MR) is 160 cm³/mol. The zero-order valence-corrected chi connectivity index (χ0v) is 24.9. The van der Waals surface area contributed by atoms with Crippen molar-refractivity contribution in [2.45, 2.75) is 39.2 Å². The van der Waals surface area contributed by atoms with Crippen molar-refractivity contribution < 1.29 is 28.6 Å². The molecule has 0 saturated heterocycles. The molecule has 0 aromatic heterocycles. The number of nitrogens with zero attached hydrogens (tertiary/aromatic N) is 2. The van der Waals surface area contributed by atoms with Gasteiger partial charge in [-0.3, -0.25) is 9.59 Å². The van der Waals surface area contributed by atoms with E-state index in [1.54, 1.807) is 51.0 Å². The Balaban J connectivity index is 1.51. The highest BCUT2D eigenvalue weighted by Crippen LogP contribution is 2.37. The molecule has 1 unspecified atom stereocenters. The second-order valence-electron chi connectivity index (χ2n) is 10.2. The van der Waals surface area contributed by atoms with Gasteiger partial charge in [-0.25, -0.2) is 4.79 Å². The number of rotatable bonds is 11. The molecule has 0 N–H and O–H groups in total. The lowest BCUT2D eigenvalue weighted by Gasteiger charge is -2.34. The molecule has 220 valence electrons. The number of likely N-dealkylation sites (N-methyl/N-ethyl adjacent to an activating group) is 1. The first kappa shape index (κ1) is 30.4. The number of allylic oxidation sites excluding steroid dienone is 1. The number of amides is 2. The third-order valence-corrected chi connectivity index (χ3v) is 7.57. The van der Waals surface area contributed by atoms with Crippen LogP contribution >= 0.6 is 0 Å². The van der Waals surface area contributed by atoms with Crippen LogP contribution in [0.3, 0.4) is 0 Å². The zero-order valence-electron chi connectivity index (χ0n) is 24.9. The van der Waals surface area contributed by atoms with Crippen LogP contribution in [0.25, 0.3) is 0 Å². The molecule has 8 nitrogen and oxygen atoms in total. The lowest BCUT2D eigenvalue weighted by atomic mass is 9.83. The monoisotopic (exact) mass is 570 g/mol. The van der Waals surface area contributed by atoms with Gasteiger partial charge in [0.15, 0.2) is 11.5 Å². The first-order valence-corrected chi connectivity index (χ1v) is 14.1. The highest BCUT2D eigenvalue weighted by Gasteiger charge is 2.36. The smallest absolute Gasteiger partial charge is 0.336 e. The average Bonchev–Trinajstić information content (AvgIpc) is 3.01. The normalized spacial score (nSPS) is 14.9. The molecule has 1 aliphatic rings. The molecule has 0 saturated carbocycles. The van der Waals surface area contributed by atoms with Crippen LogP contribution in [-0.2, 0) is 27.3 Å². The number of esters is 1. The minimum Gasteiger partial charge on any atom is -0.493 e. The Bertz CT molecular complexity index is 1470. The van der Waals surface area contributed by atoms with E-state index in [2.05, 4.69) is 0 Å². The summed E-state index contributed by atoms with van der Waals surface area (Å²) in [5.41, 5.74) is 4.31. The fourth-order valence-electron chi connectivity index (χ4n) is 5.29. The van der Waals surface area contributed by atoms with E-state index in [0.29, 0.717) is 41.3 Å². The van der Waals surface area contributed by atoms with Crippen LogP contribution in [0, 0.1) is 0 Å². The van der Waals surface area contributed by atoms with Crippen LogP contribution in [0.1, 0.15) is 53.2 Å². The summed E-state index contributed by atoms with van der Waals surface area (Å²) in [6, 6.07) is 22.6. The molecule has 2 amide bonds. The Morgan fingerprint density at radius 2 is 1.67 bits per heavy atom. The quantitative estimate of drug-likeness (QED) is 0.288. The van der Waals surface area contributed by atoms with E-state index in [-0.39, 0.29) is 37.3 Å². The summed E-state index contributed by atoms with van der Waals surface area (Å²) in [6.07, 6.45) is 0.806. The summed E-state index contributed by atoms with van der Waals surface area (Å²) in [5.74, 6) is 0.311. The van der Waals surface area contributed by atoms with Crippen molar-refractivity contribution in [2.75, 3.05) is 34.4 Å². The summed E-state index contributed by atoms with van der Waals surface area (Å²) >= 11 is 0. The maximum absolute atomic E-state index is 13.4. The van der Waals surface area contributed by atoms with Crippen molar-refractivity contribution in [2.24, 2.45) is 0 Å². The van der Waals surface area contributed by atoms with Gasteiger partial charge in [0, 0.05) is 37.2 Å². The molecule has 42 heavy (non-hydrogen) atoms. The Hall–Kier alpha value is -4.59. The van der Waals surface area contributed by atoms with Crippen LogP contribution in [-0.4, -0.2) is 62.0 Å². The van der Waals surface area contributed by atoms with Gasteiger partial charge in [0.25, 0.3) is 5.91 Å². The zero-order chi connectivity index (χ0) is 30.2. The molecular formula is C34H38N2O6. The van der Waals surface area contributed by atoms with E-state index >= 15 is 0 Å². The van der Waals surface area contributed by atoms with E-state index in [1.807, 2.05) is 66.7 Å². The van der Waals surface area contributed by atoms with Crippen LogP contribution < -0.4 is 9.47 Å². The van der Waals surface area contributed by atoms with Gasteiger partial charge in [0.1, 0.15) is 0 Å². The standard InChI is InChI=1S/C34H38N2O6/c1-6-42-34(39)32-23(2)36(31(37)21-28(32)26-12-8-7-9-13-26)22-25-11-10-14-27(19-25)33(38)35(3)18-17-24-15-16-29(40-4)30(20-24)41-5/h7-16,19-20,28H,6,17-18,21-22H2,1-5H3. The highest BCUT2D eigenvalue weighted by atomic mass is 16.5. The maximum Gasteiger partial charge on any atom is 0.336 e.